The van der Waals surface area contributed by atoms with Gasteiger partial charge in [-0.1, -0.05) is 6.92 Å². The molecule has 1 N–H and O–H groups in total. The summed E-state index contributed by atoms with van der Waals surface area (Å²) in [5, 5.41) is 9.48. The molecule has 1 fully saturated rings. The van der Waals surface area contributed by atoms with Crippen LogP contribution in [0, 0.1) is 5.92 Å². The summed E-state index contributed by atoms with van der Waals surface area (Å²) in [5.74, 6) is 0.369. The highest BCUT2D eigenvalue weighted by Gasteiger charge is 2.32. The Morgan fingerprint density at radius 3 is 2.62 bits per heavy atom. The number of amides is 1. The molecule has 0 aromatic rings. The third-order valence-corrected chi connectivity index (χ3v) is 3.49. The fourth-order valence-corrected chi connectivity index (χ4v) is 1.84. The first-order valence-electron chi connectivity index (χ1n) is 4.56. The fourth-order valence-electron chi connectivity index (χ4n) is 1.49. The predicted octanol–water partition coefficient (Wildman–Crippen LogP) is 0.577. The number of thioether (sulfide) groups is 1. The maximum Gasteiger partial charge on any atom is 0.235 e. The number of aliphatic hydroxyl groups excluding tert-OH is 1. The van der Waals surface area contributed by atoms with Crippen molar-refractivity contribution in [2.75, 3.05) is 19.3 Å². The molecule has 1 amide bonds. The van der Waals surface area contributed by atoms with Crippen LogP contribution in [-0.2, 0) is 4.79 Å². The van der Waals surface area contributed by atoms with Crippen molar-refractivity contribution in [1.82, 2.24) is 4.90 Å². The standard InChI is InChI=1S/C9H17NO2S/c1-6-4-10(5-8(6)11)9(12)7(2)13-3/h6-8,11H,4-5H2,1-3H3. The summed E-state index contributed by atoms with van der Waals surface area (Å²) in [6, 6.07) is 0. The summed E-state index contributed by atoms with van der Waals surface area (Å²) in [6.07, 6.45) is 1.59. The van der Waals surface area contributed by atoms with E-state index in [4.69, 9.17) is 0 Å². The molecule has 0 aliphatic carbocycles. The molecule has 3 unspecified atom stereocenters. The summed E-state index contributed by atoms with van der Waals surface area (Å²) >= 11 is 1.55. The Labute approximate surface area is 83.5 Å². The third kappa shape index (κ3) is 2.38. The molecule has 0 spiro atoms. The number of likely N-dealkylation sites (tertiary alicyclic amines) is 1. The molecule has 13 heavy (non-hydrogen) atoms. The molecule has 1 rings (SSSR count). The molecule has 76 valence electrons. The van der Waals surface area contributed by atoms with Crippen LogP contribution >= 0.6 is 11.8 Å². The highest BCUT2D eigenvalue weighted by atomic mass is 32.2. The average molecular weight is 203 g/mol. The van der Waals surface area contributed by atoms with E-state index < -0.39 is 0 Å². The van der Waals surface area contributed by atoms with E-state index >= 15 is 0 Å². The molecule has 1 saturated heterocycles. The lowest BCUT2D eigenvalue weighted by molar-refractivity contribution is -0.129. The minimum absolute atomic E-state index is 0.0116. The van der Waals surface area contributed by atoms with E-state index in [1.807, 2.05) is 20.1 Å². The largest absolute Gasteiger partial charge is 0.391 e. The summed E-state index contributed by atoms with van der Waals surface area (Å²) in [7, 11) is 0. The predicted molar refractivity (Wildman–Crippen MR) is 54.7 cm³/mol. The maximum absolute atomic E-state index is 11.7. The van der Waals surface area contributed by atoms with Crippen LogP contribution in [0.2, 0.25) is 0 Å². The Morgan fingerprint density at radius 1 is 1.62 bits per heavy atom. The smallest absolute Gasteiger partial charge is 0.235 e. The highest BCUT2D eigenvalue weighted by Crippen LogP contribution is 2.19. The number of aliphatic hydroxyl groups is 1. The van der Waals surface area contributed by atoms with Crippen LogP contribution in [0.15, 0.2) is 0 Å². The quantitative estimate of drug-likeness (QED) is 0.713. The van der Waals surface area contributed by atoms with Gasteiger partial charge in [-0.15, -0.1) is 0 Å². The van der Waals surface area contributed by atoms with Crippen LogP contribution in [0.3, 0.4) is 0 Å². The van der Waals surface area contributed by atoms with Crippen molar-refractivity contribution in [1.29, 1.82) is 0 Å². The second-order valence-electron chi connectivity index (χ2n) is 3.67. The number of rotatable bonds is 2. The number of hydrogen-bond acceptors (Lipinski definition) is 3. The van der Waals surface area contributed by atoms with E-state index in [0.717, 1.165) is 0 Å². The Hall–Kier alpha value is -0.220. The molecular weight excluding hydrogens is 186 g/mol. The maximum atomic E-state index is 11.7. The molecule has 3 atom stereocenters. The van der Waals surface area contributed by atoms with Crippen LogP contribution in [0.1, 0.15) is 13.8 Å². The van der Waals surface area contributed by atoms with Crippen molar-refractivity contribution in [3.8, 4) is 0 Å². The summed E-state index contributed by atoms with van der Waals surface area (Å²) in [6.45, 7) is 5.08. The Balaban J connectivity index is 2.50. The lowest BCUT2D eigenvalue weighted by atomic mass is 10.1. The van der Waals surface area contributed by atoms with Crippen molar-refractivity contribution in [2.45, 2.75) is 25.2 Å². The second-order valence-corrected chi connectivity index (χ2v) is 4.84. The normalized spacial score (nSPS) is 30.6. The monoisotopic (exact) mass is 203 g/mol. The summed E-state index contributed by atoms with van der Waals surface area (Å²) in [5.41, 5.74) is 0. The third-order valence-electron chi connectivity index (χ3n) is 2.59. The number of hydrogen-bond donors (Lipinski definition) is 1. The molecule has 0 aromatic carbocycles. The summed E-state index contributed by atoms with van der Waals surface area (Å²) < 4.78 is 0. The molecule has 1 aliphatic rings. The molecule has 1 heterocycles. The van der Waals surface area contributed by atoms with E-state index in [-0.39, 0.29) is 23.2 Å². The first kappa shape index (κ1) is 10.9. The van der Waals surface area contributed by atoms with Gasteiger partial charge in [0.05, 0.1) is 11.4 Å². The molecular formula is C9H17NO2S. The Morgan fingerprint density at radius 2 is 2.23 bits per heavy atom. The van der Waals surface area contributed by atoms with Gasteiger partial charge in [-0.25, -0.2) is 0 Å². The molecule has 0 saturated carbocycles. The molecule has 0 bridgehead atoms. The van der Waals surface area contributed by atoms with E-state index in [2.05, 4.69) is 0 Å². The van der Waals surface area contributed by atoms with Gasteiger partial charge in [0, 0.05) is 19.0 Å². The SMILES string of the molecule is CSC(C)C(=O)N1CC(C)C(O)C1. The van der Waals surface area contributed by atoms with Gasteiger partial charge in [0.1, 0.15) is 0 Å². The first-order chi connectivity index (χ1) is 6.06. The van der Waals surface area contributed by atoms with Crippen LogP contribution in [0.5, 0.6) is 0 Å². The second kappa shape index (κ2) is 4.33. The van der Waals surface area contributed by atoms with Gasteiger partial charge in [0.25, 0.3) is 0 Å². The minimum Gasteiger partial charge on any atom is -0.391 e. The highest BCUT2D eigenvalue weighted by molar-refractivity contribution is 7.99. The first-order valence-corrected chi connectivity index (χ1v) is 5.84. The van der Waals surface area contributed by atoms with Crippen molar-refractivity contribution in [2.24, 2.45) is 5.92 Å². The van der Waals surface area contributed by atoms with Crippen molar-refractivity contribution in [3.05, 3.63) is 0 Å². The van der Waals surface area contributed by atoms with Crippen molar-refractivity contribution in [3.63, 3.8) is 0 Å². The van der Waals surface area contributed by atoms with E-state index in [1.165, 1.54) is 0 Å². The van der Waals surface area contributed by atoms with Crippen LogP contribution in [-0.4, -0.2) is 46.6 Å². The Kier molecular flexibility index (Phi) is 3.62. The fraction of sp³-hybridized carbons (Fsp3) is 0.889. The number of nitrogens with zero attached hydrogens (tertiary/aromatic N) is 1. The van der Waals surface area contributed by atoms with Gasteiger partial charge < -0.3 is 10.0 Å². The summed E-state index contributed by atoms with van der Waals surface area (Å²) in [4.78, 5) is 13.4. The molecule has 0 aromatic heterocycles. The van der Waals surface area contributed by atoms with Gasteiger partial charge in [-0.2, -0.15) is 11.8 Å². The van der Waals surface area contributed by atoms with Gasteiger partial charge in [0.15, 0.2) is 0 Å². The van der Waals surface area contributed by atoms with Gasteiger partial charge in [-0.05, 0) is 13.2 Å². The zero-order valence-corrected chi connectivity index (χ0v) is 9.17. The van der Waals surface area contributed by atoms with Crippen LogP contribution < -0.4 is 0 Å². The van der Waals surface area contributed by atoms with E-state index in [9.17, 15) is 9.90 Å². The zero-order chi connectivity index (χ0) is 10.0. The number of carbonyl (C=O) groups excluding carboxylic acids is 1. The van der Waals surface area contributed by atoms with Gasteiger partial charge in [0.2, 0.25) is 5.91 Å². The number of carbonyl (C=O) groups is 1. The topological polar surface area (TPSA) is 40.5 Å². The van der Waals surface area contributed by atoms with Crippen LogP contribution in [0.4, 0.5) is 0 Å². The van der Waals surface area contributed by atoms with Crippen LogP contribution in [0.25, 0.3) is 0 Å². The lowest BCUT2D eigenvalue weighted by Crippen LogP contribution is -2.35. The number of β-amino-alcohol motifs (C(OH)–C–C–N with tert-alkyl or cyclic N) is 1. The lowest BCUT2D eigenvalue weighted by Gasteiger charge is -2.19. The van der Waals surface area contributed by atoms with E-state index in [0.29, 0.717) is 13.1 Å². The Bertz CT molecular complexity index is 188. The van der Waals surface area contributed by atoms with E-state index in [1.54, 1.807) is 16.7 Å². The van der Waals surface area contributed by atoms with Crippen molar-refractivity contribution < 1.29 is 9.90 Å². The molecule has 4 heteroatoms. The molecule has 0 radical (unpaired) electrons. The average Bonchev–Trinajstić information content (AvgIpc) is 2.44. The van der Waals surface area contributed by atoms with Crippen molar-refractivity contribution >= 4 is 17.7 Å². The molecule has 3 nitrogen and oxygen atoms in total. The van der Waals surface area contributed by atoms with Gasteiger partial charge >= 0.3 is 0 Å². The molecule has 1 aliphatic heterocycles. The zero-order valence-electron chi connectivity index (χ0n) is 8.36. The van der Waals surface area contributed by atoms with Gasteiger partial charge in [-0.3, -0.25) is 4.79 Å². The minimum atomic E-state index is -0.335.